The van der Waals surface area contributed by atoms with Crippen molar-refractivity contribution in [1.29, 1.82) is 0 Å². The lowest BCUT2D eigenvalue weighted by Crippen LogP contribution is -2.43. The van der Waals surface area contributed by atoms with Crippen molar-refractivity contribution in [1.82, 2.24) is 5.32 Å². The van der Waals surface area contributed by atoms with Crippen molar-refractivity contribution in [2.75, 3.05) is 0 Å². The van der Waals surface area contributed by atoms with Gasteiger partial charge in [0.2, 0.25) is 5.91 Å². The van der Waals surface area contributed by atoms with Crippen molar-refractivity contribution >= 4 is 11.9 Å². The molecular formula is C14H24N2O3. The van der Waals surface area contributed by atoms with Crippen LogP contribution in [-0.4, -0.2) is 29.1 Å². The van der Waals surface area contributed by atoms with E-state index in [1.165, 1.54) is 0 Å². The number of rotatable bonds is 3. The van der Waals surface area contributed by atoms with Crippen LogP contribution in [0.25, 0.3) is 0 Å². The molecule has 0 unspecified atom stereocenters. The Balaban J connectivity index is 1.73. The highest BCUT2D eigenvalue weighted by Crippen LogP contribution is 2.27. The van der Waals surface area contributed by atoms with Gasteiger partial charge in [-0.15, -0.1) is 0 Å². The predicted octanol–water partition coefficient (Wildman–Crippen LogP) is 1.26. The Morgan fingerprint density at radius 2 is 1.42 bits per heavy atom. The van der Waals surface area contributed by atoms with Gasteiger partial charge in [0.25, 0.3) is 0 Å². The summed E-state index contributed by atoms with van der Waals surface area (Å²) in [5.74, 6) is -0.672. The molecule has 4 N–H and O–H groups in total. The first kappa shape index (κ1) is 14.3. The largest absolute Gasteiger partial charge is 0.481 e. The zero-order valence-corrected chi connectivity index (χ0v) is 11.3. The van der Waals surface area contributed by atoms with Crippen LogP contribution in [0.4, 0.5) is 0 Å². The fourth-order valence-corrected chi connectivity index (χ4v) is 3.19. The zero-order chi connectivity index (χ0) is 13.8. The summed E-state index contributed by atoms with van der Waals surface area (Å²) in [6.07, 6.45) is 6.57. The number of carboxylic acid groups (broad SMARTS) is 1. The highest BCUT2D eigenvalue weighted by atomic mass is 16.4. The van der Waals surface area contributed by atoms with Gasteiger partial charge in [-0.1, -0.05) is 0 Å². The molecule has 2 aliphatic carbocycles. The van der Waals surface area contributed by atoms with E-state index in [-0.39, 0.29) is 29.8 Å². The predicted molar refractivity (Wildman–Crippen MR) is 71.5 cm³/mol. The van der Waals surface area contributed by atoms with Crippen LogP contribution in [0.5, 0.6) is 0 Å². The topological polar surface area (TPSA) is 92.4 Å². The number of hydrogen-bond acceptors (Lipinski definition) is 3. The van der Waals surface area contributed by atoms with Crippen molar-refractivity contribution in [3.05, 3.63) is 0 Å². The maximum Gasteiger partial charge on any atom is 0.306 e. The average Bonchev–Trinajstić information content (AvgIpc) is 2.40. The van der Waals surface area contributed by atoms with Crippen LogP contribution in [0.15, 0.2) is 0 Å². The fraction of sp³-hybridized carbons (Fsp3) is 0.857. The SMILES string of the molecule is NC1CCC(C(=O)NC2CCC(C(=O)O)CC2)CC1. The zero-order valence-electron chi connectivity index (χ0n) is 11.3. The number of nitrogens with one attached hydrogen (secondary N) is 1. The number of amides is 1. The van der Waals surface area contributed by atoms with Crippen LogP contribution in [-0.2, 0) is 9.59 Å². The first-order valence-electron chi connectivity index (χ1n) is 7.35. The smallest absolute Gasteiger partial charge is 0.306 e. The Morgan fingerprint density at radius 3 is 1.95 bits per heavy atom. The van der Waals surface area contributed by atoms with E-state index in [4.69, 9.17) is 10.8 Å². The molecule has 0 aromatic rings. The van der Waals surface area contributed by atoms with Gasteiger partial charge >= 0.3 is 5.97 Å². The van der Waals surface area contributed by atoms with Gasteiger partial charge in [-0.05, 0) is 51.4 Å². The van der Waals surface area contributed by atoms with E-state index >= 15 is 0 Å². The minimum Gasteiger partial charge on any atom is -0.481 e. The van der Waals surface area contributed by atoms with Crippen LogP contribution in [0, 0.1) is 11.8 Å². The first-order valence-corrected chi connectivity index (χ1v) is 7.35. The second-order valence-electron chi connectivity index (χ2n) is 6.01. The van der Waals surface area contributed by atoms with Gasteiger partial charge in [0, 0.05) is 18.0 Å². The molecule has 108 valence electrons. The maximum absolute atomic E-state index is 12.1. The highest BCUT2D eigenvalue weighted by molar-refractivity contribution is 5.79. The Kier molecular flexibility index (Phi) is 4.80. The summed E-state index contributed by atoms with van der Waals surface area (Å²) >= 11 is 0. The van der Waals surface area contributed by atoms with E-state index in [0.717, 1.165) is 38.5 Å². The number of hydrogen-bond donors (Lipinski definition) is 3. The molecule has 0 atom stereocenters. The van der Waals surface area contributed by atoms with Gasteiger partial charge in [0.1, 0.15) is 0 Å². The fourth-order valence-electron chi connectivity index (χ4n) is 3.19. The summed E-state index contributed by atoms with van der Waals surface area (Å²) < 4.78 is 0. The number of aliphatic carboxylic acids is 1. The third kappa shape index (κ3) is 3.93. The molecule has 0 saturated heterocycles. The molecule has 5 heteroatoms. The number of carbonyl (C=O) groups excluding carboxylic acids is 1. The van der Waals surface area contributed by atoms with Crippen LogP contribution in [0.1, 0.15) is 51.4 Å². The Hall–Kier alpha value is -1.10. The minimum atomic E-state index is -0.703. The molecule has 19 heavy (non-hydrogen) atoms. The molecule has 0 bridgehead atoms. The molecule has 0 aliphatic heterocycles. The molecule has 0 heterocycles. The Labute approximate surface area is 113 Å². The Bertz CT molecular complexity index is 330. The van der Waals surface area contributed by atoms with E-state index in [0.29, 0.717) is 12.8 Å². The monoisotopic (exact) mass is 268 g/mol. The van der Waals surface area contributed by atoms with E-state index in [2.05, 4.69) is 5.32 Å². The number of nitrogens with two attached hydrogens (primary N) is 1. The molecule has 5 nitrogen and oxygen atoms in total. The second-order valence-corrected chi connectivity index (χ2v) is 6.01. The molecule has 0 aromatic heterocycles. The van der Waals surface area contributed by atoms with Gasteiger partial charge in [-0.3, -0.25) is 9.59 Å². The summed E-state index contributed by atoms with van der Waals surface area (Å²) in [6, 6.07) is 0.425. The maximum atomic E-state index is 12.1. The molecule has 2 rings (SSSR count). The second kappa shape index (κ2) is 6.37. The number of carboxylic acids is 1. The standard InChI is InChI=1S/C14H24N2O3/c15-11-5-1-9(2-6-11)13(17)16-12-7-3-10(4-8-12)14(18)19/h9-12H,1-8,15H2,(H,16,17)(H,18,19). The summed E-state index contributed by atoms with van der Waals surface area (Å²) in [4.78, 5) is 23.0. The third-order valence-corrected chi connectivity index (χ3v) is 4.57. The van der Waals surface area contributed by atoms with Gasteiger partial charge in [-0.25, -0.2) is 0 Å². The van der Waals surface area contributed by atoms with E-state index in [1.54, 1.807) is 0 Å². The molecule has 0 aromatic carbocycles. The third-order valence-electron chi connectivity index (χ3n) is 4.57. The van der Waals surface area contributed by atoms with Crippen LogP contribution in [0.3, 0.4) is 0 Å². The lowest BCUT2D eigenvalue weighted by Gasteiger charge is -2.30. The van der Waals surface area contributed by atoms with Gasteiger partial charge in [0.05, 0.1) is 5.92 Å². The average molecular weight is 268 g/mol. The lowest BCUT2D eigenvalue weighted by atomic mass is 9.84. The van der Waals surface area contributed by atoms with Gasteiger partial charge in [0.15, 0.2) is 0 Å². The molecule has 2 fully saturated rings. The van der Waals surface area contributed by atoms with Gasteiger partial charge < -0.3 is 16.2 Å². The van der Waals surface area contributed by atoms with Crippen molar-refractivity contribution in [3.63, 3.8) is 0 Å². The van der Waals surface area contributed by atoms with Crippen molar-refractivity contribution in [2.45, 2.75) is 63.5 Å². The molecule has 0 spiro atoms. The van der Waals surface area contributed by atoms with Gasteiger partial charge in [-0.2, -0.15) is 0 Å². The Morgan fingerprint density at radius 1 is 0.895 bits per heavy atom. The summed E-state index contributed by atoms with van der Waals surface area (Å²) in [7, 11) is 0. The van der Waals surface area contributed by atoms with E-state index in [1.807, 2.05) is 0 Å². The molecular weight excluding hydrogens is 244 g/mol. The van der Waals surface area contributed by atoms with Crippen LogP contribution in [0.2, 0.25) is 0 Å². The highest BCUT2D eigenvalue weighted by Gasteiger charge is 2.29. The van der Waals surface area contributed by atoms with E-state index < -0.39 is 5.97 Å². The van der Waals surface area contributed by atoms with Crippen molar-refractivity contribution in [2.24, 2.45) is 17.6 Å². The first-order chi connectivity index (χ1) is 9.06. The van der Waals surface area contributed by atoms with Crippen molar-refractivity contribution in [3.8, 4) is 0 Å². The summed E-state index contributed by atoms with van der Waals surface area (Å²) in [5, 5.41) is 12.0. The molecule has 2 saturated carbocycles. The molecule has 2 aliphatic rings. The van der Waals surface area contributed by atoms with Crippen LogP contribution >= 0.6 is 0 Å². The van der Waals surface area contributed by atoms with Crippen molar-refractivity contribution < 1.29 is 14.7 Å². The van der Waals surface area contributed by atoms with Crippen LogP contribution < -0.4 is 11.1 Å². The normalized spacial score (nSPS) is 35.6. The summed E-state index contributed by atoms with van der Waals surface area (Å²) in [6.45, 7) is 0. The number of carbonyl (C=O) groups is 2. The molecule has 0 radical (unpaired) electrons. The molecule has 1 amide bonds. The minimum absolute atomic E-state index is 0.108. The quantitative estimate of drug-likeness (QED) is 0.718. The van der Waals surface area contributed by atoms with E-state index in [9.17, 15) is 9.59 Å². The summed E-state index contributed by atoms with van der Waals surface area (Å²) in [5.41, 5.74) is 5.84. The lowest BCUT2D eigenvalue weighted by molar-refractivity contribution is -0.142.